The van der Waals surface area contributed by atoms with E-state index in [1.807, 2.05) is 13.8 Å². The molecule has 2 rings (SSSR count). The number of furan rings is 1. The number of carbonyl (C=O) groups excluding carboxylic acids is 2. The molecule has 1 N–H and O–H groups in total. The minimum absolute atomic E-state index is 0.0934. The highest BCUT2D eigenvalue weighted by molar-refractivity contribution is 7.99. The first-order valence-corrected chi connectivity index (χ1v) is 11.4. The smallest absolute Gasteiger partial charge is 0.291 e. The van der Waals surface area contributed by atoms with Crippen LogP contribution in [0.15, 0.2) is 21.6 Å². The number of nitrogens with zero attached hydrogens (tertiary/aromatic N) is 2. The van der Waals surface area contributed by atoms with Gasteiger partial charge in [0.25, 0.3) is 15.9 Å². The quantitative estimate of drug-likeness (QED) is 0.757. The molecule has 1 aromatic heterocycles. The lowest BCUT2D eigenvalue weighted by atomic mass is 10.1. The second-order valence-corrected chi connectivity index (χ2v) is 9.89. The van der Waals surface area contributed by atoms with Crippen LogP contribution in [0.2, 0.25) is 0 Å². The van der Waals surface area contributed by atoms with E-state index in [4.69, 9.17) is 4.42 Å². The molecule has 1 aromatic rings. The third kappa shape index (κ3) is 5.05. The number of hydrogen-bond donors (Lipinski definition) is 1. The topological polar surface area (TPSA) is 99.9 Å². The SMILES string of the molecule is CCN(CC)C(=O)[C@@H]1CSCN1C(=O)c1ccc(S(=O)(=O)NC(C)(C)C)o1. The van der Waals surface area contributed by atoms with Crippen LogP contribution in [0.1, 0.15) is 45.2 Å². The molecule has 1 atom stereocenters. The molecule has 8 nitrogen and oxygen atoms in total. The molecule has 0 aromatic carbocycles. The molecule has 10 heteroatoms. The van der Waals surface area contributed by atoms with Crippen molar-refractivity contribution in [2.45, 2.75) is 51.3 Å². The maximum atomic E-state index is 12.8. The first-order chi connectivity index (χ1) is 12.5. The first-order valence-electron chi connectivity index (χ1n) is 8.81. The molecule has 0 spiro atoms. The summed E-state index contributed by atoms with van der Waals surface area (Å²) in [7, 11) is -3.87. The van der Waals surface area contributed by atoms with Gasteiger partial charge in [-0.2, -0.15) is 0 Å². The van der Waals surface area contributed by atoms with Gasteiger partial charge in [-0.3, -0.25) is 9.59 Å². The fraction of sp³-hybridized carbons (Fsp3) is 0.647. The molecule has 2 heterocycles. The van der Waals surface area contributed by atoms with Crippen molar-refractivity contribution in [2.75, 3.05) is 24.7 Å². The molecule has 0 aliphatic carbocycles. The second kappa shape index (κ2) is 8.24. The molecule has 27 heavy (non-hydrogen) atoms. The van der Waals surface area contributed by atoms with Crippen LogP contribution in [0, 0.1) is 0 Å². The summed E-state index contributed by atoms with van der Waals surface area (Å²) in [6.45, 7) is 10.1. The Kier molecular flexibility index (Phi) is 6.64. The van der Waals surface area contributed by atoms with Gasteiger partial charge in [0, 0.05) is 24.4 Å². The lowest BCUT2D eigenvalue weighted by molar-refractivity contribution is -0.134. The Morgan fingerprint density at radius 3 is 2.48 bits per heavy atom. The van der Waals surface area contributed by atoms with Gasteiger partial charge in [0.15, 0.2) is 5.76 Å². The molecule has 152 valence electrons. The van der Waals surface area contributed by atoms with E-state index in [-0.39, 0.29) is 16.8 Å². The predicted octanol–water partition coefficient (Wildman–Crippen LogP) is 1.74. The van der Waals surface area contributed by atoms with Gasteiger partial charge in [-0.05, 0) is 46.8 Å². The van der Waals surface area contributed by atoms with Gasteiger partial charge in [0.05, 0.1) is 5.88 Å². The number of thioether (sulfide) groups is 1. The molecule has 0 saturated carbocycles. The Hall–Kier alpha value is -1.52. The van der Waals surface area contributed by atoms with Crippen LogP contribution in [-0.2, 0) is 14.8 Å². The molecule has 0 radical (unpaired) electrons. The highest BCUT2D eigenvalue weighted by Gasteiger charge is 2.38. The molecule has 0 bridgehead atoms. The summed E-state index contributed by atoms with van der Waals surface area (Å²) >= 11 is 1.49. The number of sulfonamides is 1. The minimum atomic E-state index is -3.87. The van der Waals surface area contributed by atoms with Crippen LogP contribution in [0.3, 0.4) is 0 Å². The minimum Gasteiger partial charge on any atom is -0.438 e. The molecule has 1 fully saturated rings. The zero-order valence-electron chi connectivity index (χ0n) is 16.3. The third-order valence-corrected chi connectivity index (χ3v) is 6.64. The summed E-state index contributed by atoms with van der Waals surface area (Å²) in [6, 6.07) is 2.02. The Morgan fingerprint density at radius 1 is 1.30 bits per heavy atom. The third-order valence-electron chi connectivity index (χ3n) is 4.00. The second-order valence-electron chi connectivity index (χ2n) is 7.28. The maximum Gasteiger partial charge on any atom is 0.291 e. The number of amides is 2. The Labute approximate surface area is 164 Å². The standard InChI is InChI=1S/C17H27N3O5S2/c1-6-19(7-2)15(21)12-10-26-11-20(12)16(22)13-8-9-14(25-13)27(23,24)18-17(3,4)5/h8-9,12,18H,6-7,10-11H2,1-5H3/t12-/m0/s1. The van der Waals surface area contributed by atoms with Crippen LogP contribution in [0.5, 0.6) is 0 Å². The zero-order chi connectivity index (χ0) is 20.4. The van der Waals surface area contributed by atoms with E-state index in [0.29, 0.717) is 24.7 Å². The van der Waals surface area contributed by atoms with Crippen molar-refractivity contribution >= 4 is 33.6 Å². The zero-order valence-corrected chi connectivity index (χ0v) is 17.9. The molecular weight excluding hydrogens is 390 g/mol. The highest BCUT2D eigenvalue weighted by Crippen LogP contribution is 2.26. The first kappa shape index (κ1) is 21.8. The Morgan fingerprint density at radius 2 is 1.93 bits per heavy atom. The summed E-state index contributed by atoms with van der Waals surface area (Å²) in [5.41, 5.74) is -0.678. The van der Waals surface area contributed by atoms with Crippen LogP contribution < -0.4 is 4.72 Å². The van der Waals surface area contributed by atoms with Gasteiger partial charge in [0.1, 0.15) is 6.04 Å². The summed E-state index contributed by atoms with van der Waals surface area (Å²) in [5.74, 6) is 0.192. The van der Waals surface area contributed by atoms with Crippen molar-refractivity contribution in [2.24, 2.45) is 0 Å². The van der Waals surface area contributed by atoms with Gasteiger partial charge in [-0.1, -0.05) is 0 Å². The average Bonchev–Trinajstić information content (AvgIpc) is 3.23. The maximum absolute atomic E-state index is 12.8. The van der Waals surface area contributed by atoms with Crippen molar-refractivity contribution < 1.29 is 22.4 Å². The van der Waals surface area contributed by atoms with Crippen molar-refractivity contribution in [1.29, 1.82) is 0 Å². The number of likely N-dealkylation sites (N-methyl/N-ethyl adjacent to an activating group) is 1. The number of hydrogen-bond acceptors (Lipinski definition) is 6. The summed E-state index contributed by atoms with van der Waals surface area (Å²) in [6.07, 6.45) is 0. The van der Waals surface area contributed by atoms with E-state index >= 15 is 0 Å². The van der Waals surface area contributed by atoms with Gasteiger partial charge >= 0.3 is 0 Å². The largest absolute Gasteiger partial charge is 0.438 e. The fourth-order valence-electron chi connectivity index (χ4n) is 2.77. The van der Waals surface area contributed by atoms with Crippen LogP contribution in [0.4, 0.5) is 0 Å². The lowest BCUT2D eigenvalue weighted by Crippen LogP contribution is -2.48. The summed E-state index contributed by atoms with van der Waals surface area (Å²) < 4.78 is 32.5. The van der Waals surface area contributed by atoms with E-state index < -0.39 is 27.5 Å². The van der Waals surface area contributed by atoms with Gasteiger partial charge in [-0.15, -0.1) is 11.8 Å². The highest BCUT2D eigenvalue weighted by atomic mass is 32.2. The van der Waals surface area contributed by atoms with Gasteiger partial charge < -0.3 is 14.2 Å². The lowest BCUT2D eigenvalue weighted by Gasteiger charge is -2.27. The van der Waals surface area contributed by atoms with Crippen LogP contribution in [0.25, 0.3) is 0 Å². The molecular formula is C17H27N3O5S2. The van der Waals surface area contributed by atoms with Crippen molar-refractivity contribution in [3.05, 3.63) is 17.9 Å². The summed E-state index contributed by atoms with van der Waals surface area (Å²) in [5, 5.41) is -0.320. The fourth-order valence-corrected chi connectivity index (χ4v) is 5.27. The van der Waals surface area contributed by atoms with E-state index in [2.05, 4.69) is 4.72 Å². The summed E-state index contributed by atoms with van der Waals surface area (Å²) in [4.78, 5) is 28.6. The van der Waals surface area contributed by atoms with E-state index in [1.165, 1.54) is 28.8 Å². The van der Waals surface area contributed by atoms with Crippen molar-refractivity contribution in [1.82, 2.24) is 14.5 Å². The molecule has 1 aliphatic rings. The number of carbonyl (C=O) groups is 2. The average molecular weight is 418 g/mol. The molecule has 2 amide bonds. The van der Waals surface area contributed by atoms with E-state index in [0.717, 1.165) is 0 Å². The molecule has 0 unspecified atom stereocenters. The Balaban J connectivity index is 2.21. The van der Waals surface area contributed by atoms with Gasteiger partial charge in [-0.25, -0.2) is 13.1 Å². The molecule has 1 saturated heterocycles. The Bertz CT molecular complexity index is 794. The van der Waals surface area contributed by atoms with Crippen LogP contribution in [-0.4, -0.2) is 66.3 Å². The van der Waals surface area contributed by atoms with Crippen molar-refractivity contribution in [3.63, 3.8) is 0 Å². The van der Waals surface area contributed by atoms with Crippen LogP contribution >= 0.6 is 11.8 Å². The number of nitrogens with one attached hydrogen (secondary N) is 1. The van der Waals surface area contributed by atoms with E-state index in [1.54, 1.807) is 25.7 Å². The predicted molar refractivity (Wildman–Crippen MR) is 104 cm³/mol. The number of rotatable bonds is 6. The monoisotopic (exact) mass is 417 g/mol. The van der Waals surface area contributed by atoms with Crippen molar-refractivity contribution in [3.8, 4) is 0 Å². The normalized spacial score (nSPS) is 18.0. The molecule has 1 aliphatic heterocycles. The van der Waals surface area contributed by atoms with Gasteiger partial charge in [0.2, 0.25) is 11.0 Å². The van der Waals surface area contributed by atoms with E-state index in [9.17, 15) is 18.0 Å².